The molecule has 1 heterocycles. The highest BCUT2D eigenvalue weighted by Gasteiger charge is 2.19. The van der Waals surface area contributed by atoms with E-state index in [1.54, 1.807) is 25.1 Å². The number of benzene rings is 2. The molecule has 3 rings (SSSR count). The van der Waals surface area contributed by atoms with Crippen molar-refractivity contribution in [2.75, 3.05) is 18.5 Å². The fourth-order valence-corrected chi connectivity index (χ4v) is 2.84. The molecule has 168 valence electrons. The van der Waals surface area contributed by atoms with Crippen LogP contribution in [-0.4, -0.2) is 35.0 Å². The van der Waals surface area contributed by atoms with E-state index in [-0.39, 0.29) is 5.88 Å². The Morgan fingerprint density at radius 3 is 2.47 bits per heavy atom. The number of halogens is 1. The summed E-state index contributed by atoms with van der Waals surface area (Å²) in [5.41, 5.74) is 0.394. The lowest BCUT2D eigenvalue weighted by Gasteiger charge is -2.17. The number of anilines is 1. The number of nitrogens with zero attached hydrogens (tertiary/aromatic N) is 2. The van der Waals surface area contributed by atoms with E-state index < -0.39 is 23.4 Å². The molecule has 0 aliphatic carbocycles. The molecule has 8 nitrogen and oxygen atoms in total. The summed E-state index contributed by atoms with van der Waals surface area (Å²) in [6.45, 7) is 6.17. The molecule has 0 radical (unpaired) electrons. The van der Waals surface area contributed by atoms with Crippen LogP contribution >= 0.6 is 0 Å². The number of hydrogen-bond donors (Lipinski definition) is 1. The summed E-state index contributed by atoms with van der Waals surface area (Å²) < 4.78 is 30.9. The van der Waals surface area contributed by atoms with Gasteiger partial charge in [-0.25, -0.2) is 4.39 Å². The predicted octanol–water partition coefficient (Wildman–Crippen LogP) is 3.58. The summed E-state index contributed by atoms with van der Waals surface area (Å²) in [4.78, 5) is 24.9. The predicted molar refractivity (Wildman–Crippen MR) is 117 cm³/mol. The van der Waals surface area contributed by atoms with Gasteiger partial charge in [-0.05, 0) is 57.2 Å². The third-order valence-electron chi connectivity index (χ3n) is 4.33. The second-order valence-electron chi connectivity index (χ2n) is 6.67. The largest absolute Gasteiger partial charge is 0.494 e. The van der Waals surface area contributed by atoms with Gasteiger partial charge in [0.15, 0.2) is 6.10 Å². The van der Waals surface area contributed by atoms with E-state index in [2.05, 4.69) is 10.4 Å². The van der Waals surface area contributed by atoms with Crippen molar-refractivity contribution in [3.05, 3.63) is 70.8 Å². The van der Waals surface area contributed by atoms with Crippen LogP contribution in [0.4, 0.5) is 10.1 Å². The highest BCUT2D eigenvalue weighted by atomic mass is 19.1. The number of nitrogens with one attached hydrogen (secondary N) is 1. The van der Waals surface area contributed by atoms with Crippen LogP contribution in [0, 0.1) is 5.82 Å². The van der Waals surface area contributed by atoms with Crippen LogP contribution < -0.4 is 25.1 Å². The van der Waals surface area contributed by atoms with Crippen molar-refractivity contribution < 1.29 is 23.4 Å². The molecule has 1 amide bonds. The van der Waals surface area contributed by atoms with Crippen molar-refractivity contribution >= 4 is 11.6 Å². The topological polar surface area (TPSA) is 91.7 Å². The van der Waals surface area contributed by atoms with Gasteiger partial charge in [-0.2, -0.15) is 4.68 Å². The number of rotatable bonds is 9. The van der Waals surface area contributed by atoms with Crippen LogP contribution in [0.1, 0.15) is 20.8 Å². The Morgan fingerprint density at radius 1 is 1.06 bits per heavy atom. The smallest absolute Gasteiger partial charge is 0.271 e. The minimum Gasteiger partial charge on any atom is -0.494 e. The number of aromatic nitrogens is 2. The summed E-state index contributed by atoms with van der Waals surface area (Å²) in [5.74, 6) is 0.275. The first-order valence-electron chi connectivity index (χ1n) is 10.1. The van der Waals surface area contributed by atoms with Crippen molar-refractivity contribution in [2.24, 2.45) is 0 Å². The fraction of sp³-hybridized carbons (Fsp3) is 0.261. The van der Waals surface area contributed by atoms with Crippen molar-refractivity contribution in [2.45, 2.75) is 26.9 Å². The van der Waals surface area contributed by atoms with Crippen LogP contribution in [0.3, 0.4) is 0 Å². The minimum atomic E-state index is -0.938. The van der Waals surface area contributed by atoms with Crippen LogP contribution in [0.2, 0.25) is 0 Å². The normalized spacial score (nSPS) is 11.5. The van der Waals surface area contributed by atoms with Gasteiger partial charge in [-0.15, -0.1) is 5.10 Å². The van der Waals surface area contributed by atoms with Gasteiger partial charge in [0.2, 0.25) is 5.88 Å². The lowest BCUT2D eigenvalue weighted by molar-refractivity contribution is -0.122. The second-order valence-corrected chi connectivity index (χ2v) is 6.67. The van der Waals surface area contributed by atoms with E-state index in [4.69, 9.17) is 14.2 Å². The Labute approximate surface area is 184 Å². The maximum atomic E-state index is 13.2. The van der Waals surface area contributed by atoms with E-state index in [1.165, 1.54) is 36.4 Å². The molecule has 0 saturated heterocycles. The summed E-state index contributed by atoms with van der Waals surface area (Å²) in [6.07, 6.45) is -0.938. The summed E-state index contributed by atoms with van der Waals surface area (Å²) in [6, 6.07) is 13.1. The maximum absolute atomic E-state index is 13.2. The lowest BCUT2D eigenvalue weighted by atomic mass is 10.2. The van der Waals surface area contributed by atoms with E-state index in [0.29, 0.717) is 36.1 Å². The van der Waals surface area contributed by atoms with E-state index in [1.807, 2.05) is 13.8 Å². The fourth-order valence-electron chi connectivity index (χ4n) is 2.84. The zero-order valence-corrected chi connectivity index (χ0v) is 18.0. The molecule has 2 aromatic carbocycles. The number of carbonyl (C=O) groups excluding carboxylic acids is 1. The highest BCUT2D eigenvalue weighted by Crippen LogP contribution is 2.29. The van der Waals surface area contributed by atoms with Crippen molar-refractivity contribution in [3.8, 4) is 23.1 Å². The molecule has 1 atom stereocenters. The molecule has 1 aromatic heterocycles. The Balaban J connectivity index is 1.76. The van der Waals surface area contributed by atoms with Gasteiger partial charge in [0, 0.05) is 18.2 Å². The Kier molecular flexibility index (Phi) is 7.43. The monoisotopic (exact) mass is 441 g/mol. The minimum absolute atomic E-state index is 0.0599. The summed E-state index contributed by atoms with van der Waals surface area (Å²) in [7, 11) is 0. The van der Waals surface area contributed by atoms with Crippen molar-refractivity contribution in [1.82, 2.24) is 9.78 Å². The van der Waals surface area contributed by atoms with Gasteiger partial charge >= 0.3 is 0 Å². The maximum Gasteiger partial charge on any atom is 0.271 e. The van der Waals surface area contributed by atoms with E-state index in [9.17, 15) is 14.0 Å². The third kappa shape index (κ3) is 5.63. The van der Waals surface area contributed by atoms with Crippen molar-refractivity contribution in [1.29, 1.82) is 0 Å². The molecule has 0 aliphatic rings. The van der Waals surface area contributed by atoms with Gasteiger partial charge in [-0.1, -0.05) is 0 Å². The lowest BCUT2D eigenvalue weighted by Crippen LogP contribution is -2.31. The van der Waals surface area contributed by atoms with Crippen LogP contribution in [0.5, 0.6) is 17.4 Å². The first kappa shape index (κ1) is 22.8. The number of carbonyl (C=O) groups is 1. The van der Waals surface area contributed by atoms with Crippen LogP contribution in [-0.2, 0) is 4.79 Å². The molecule has 0 fully saturated rings. The number of ether oxygens (including phenoxy) is 3. The standard InChI is InChI=1S/C23H24FN3O5/c1-4-30-18-10-11-20(31-5-2)19(14-18)25-23(29)15(3)32-21-12-13-22(28)27(26-21)17-8-6-16(24)7-9-17/h6-15H,4-5H2,1-3H3,(H,25,29)/t15-/m1/s1. The van der Waals surface area contributed by atoms with E-state index in [0.717, 1.165) is 4.68 Å². The third-order valence-corrected chi connectivity index (χ3v) is 4.33. The van der Waals surface area contributed by atoms with E-state index >= 15 is 0 Å². The molecule has 32 heavy (non-hydrogen) atoms. The Morgan fingerprint density at radius 2 is 1.78 bits per heavy atom. The molecule has 0 bridgehead atoms. The number of amides is 1. The quantitative estimate of drug-likeness (QED) is 0.546. The molecule has 0 aliphatic heterocycles. The summed E-state index contributed by atoms with van der Waals surface area (Å²) in [5, 5.41) is 6.89. The van der Waals surface area contributed by atoms with Gasteiger partial charge in [0.1, 0.15) is 17.3 Å². The second kappa shape index (κ2) is 10.4. The SMILES string of the molecule is CCOc1ccc(OCC)c(NC(=O)[C@@H](C)Oc2ccc(=O)n(-c3ccc(F)cc3)n2)c1. The molecular formula is C23H24FN3O5. The van der Waals surface area contributed by atoms with Gasteiger partial charge in [0.05, 0.1) is 24.6 Å². The van der Waals surface area contributed by atoms with Gasteiger partial charge in [0.25, 0.3) is 11.5 Å². The molecule has 3 aromatic rings. The zero-order valence-electron chi connectivity index (χ0n) is 18.0. The average molecular weight is 441 g/mol. The molecule has 1 N–H and O–H groups in total. The Bertz CT molecular complexity index is 1130. The first-order valence-corrected chi connectivity index (χ1v) is 10.1. The van der Waals surface area contributed by atoms with Crippen molar-refractivity contribution in [3.63, 3.8) is 0 Å². The average Bonchev–Trinajstić information content (AvgIpc) is 2.78. The van der Waals surface area contributed by atoms with Crippen LogP contribution in [0.25, 0.3) is 5.69 Å². The van der Waals surface area contributed by atoms with Crippen LogP contribution in [0.15, 0.2) is 59.4 Å². The molecule has 9 heteroatoms. The highest BCUT2D eigenvalue weighted by molar-refractivity contribution is 5.95. The van der Waals surface area contributed by atoms with Gasteiger partial charge < -0.3 is 19.5 Å². The zero-order chi connectivity index (χ0) is 23.1. The Hall–Kier alpha value is -3.88. The first-order chi connectivity index (χ1) is 15.4. The summed E-state index contributed by atoms with van der Waals surface area (Å²) >= 11 is 0. The van der Waals surface area contributed by atoms with Gasteiger partial charge in [-0.3, -0.25) is 9.59 Å². The number of hydrogen-bond acceptors (Lipinski definition) is 6. The molecule has 0 spiro atoms. The molecule has 0 unspecified atom stereocenters. The molecular weight excluding hydrogens is 417 g/mol. The molecule has 0 saturated carbocycles.